The van der Waals surface area contributed by atoms with Gasteiger partial charge in [0.1, 0.15) is 11.9 Å². The van der Waals surface area contributed by atoms with Gasteiger partial charge in [0.2, 0.25) is 0 Å². The van der Waals surface area contributed by atoms with Crippen LogP contribution in [0.3, 0.4) is 0 Å². The Balaban J connectivity index is 1.88. The number of ether oxygens (including phenoxy) is 2. The maximum Gasteiger partial charge on any atom is 0.412 e. The van der Waals surface area contributed by atoms with Gasteiger partial charge in [0, 0.05) is 13.1 Å². The molecule has 1 amide bonds. The third-order valence-corrected chi connectivity index (χ3v) is 5.92. The normalized spacial score (nSPS) is 15.2. The first-order chi connectivity index (χ1) is 15.2. The van der Waals surface area contributed by atoms with Crippen LogP contribution < -0.4 is 10.1 Å². The van der Waals surface area contributed by atoms with Crippen LogP contribution >= 0.6 is 0 Å². The van der Waals surface area contributed by atoms with Crippen molar-refractivity contribution in [3.05, 3.63) is 24.3 Å². The lowest BCUT2D eigenvalue weighted by atomic mass is 10.2. The molecular formula is C25H43N3O3. The van der Waals surface area contributed by atoms with Gasteiger partial charge in [-0.15, -0.1) is 0 Å². The van der Waals surface area contributed by atoms with Crippen molar-refractivity contribution < 1.29 is 14.3 Å². The molecule has 1 aromatic rings. The standard InChI is InChI=1S/C25H43N3O3/c1-4-7-8-9-14-19-30-24-16-11-10-15-23(24)26-25(29)31-22(20-27(5-2)6-3)21-28-17-12-13-18-28/h10-11,15-16,22H,4-9,12-14,17-21H2,1-3H3,(H,26,29). The number of hydrogen-bond acceptors (Lipinski definition) is 5. The molecule has 31 heavy (non-hydrogen) atoms. The molecule has 176 valence electrons. The third kappa shape index (κ3) is 9.92. The van der Waals surface area contributed by atoms with E-state index >= 15 is 0 Å². The number of amides is 1. The zero-order valence-corrected chi connectivity index (χ0v) is 19.9. The lowest BCUT2D eigenvalue weighted by Crippen LogP contribution is -2.42. The molecule has 0 bridgehead atoms. The molecule has 6 heteroatoms. The van der Waals surface area contributed by atoms with E-state index in [1.165, 1.54) is 38.5 Å². The van der Waals surface area contributed by atoms with Crippen molar-refractivity contribution in [2.24, 2.45) is 0 Å². The first-order valence-electron chi connectivity index (χ1n) is 12.3. The van der Waals surface area contributed by atoms with Crippen molar-refractivity contribution in [3.8, 4) is 5.75 Å². The van der Waals surface area contributed by atoms with E-state index in [9.17, 15) is 4.79 Å². The minimum atomic E-state index is -0.407. The van der Waals surface area contributed by atoms with Crippen LogP contribution in [0.25, 0.3) is 0 Å². The Labute approximate surface area is 189 Å². The van der Waals surface area contributed by atoms with Gasteiger partial charge in [0.15, 0.2) is 0 Å². The fraction of sp³-hybridized carbons (Fsp3) is 0.720. The number of carbonyl (C=O) groups is 1. The molecule has 1 saturated heterocycles. The molecule has 1 aliphatic heterocycles. The zero-order chi connectivity index (χ0) is 22.3. The number of nitrogens with zero attached hydrogens (tertiary/aromatic N) is 2. The van der Waals surface area contributed by atoms with Gasteiger partial charge in [-0.25, -0.2) is 4.79 Å². The molecule has 1 aliphatic rings. The van der Waals surface area contributed by atoms with Crippen LogP contribution in [-0.2, 0) is 4.74 Å². The number of likely N-dealkylation sites (tertiary alicyclic amines) is 1. The summed E-state index contributed by atoms with van der Waals surface area (Å²) < 4.78 is 11.8. The second-order valence-electron chi connectivity index (χ2n) is 8.40. The van der Waals surface area contributed by atoms with Crippen molar-refractivity contribution in [1.29, 1.82) is 0 Å². The molecule has 6 nitrogen and oxygen atoms in total. The topological polar surface area (TPSA) is 54.0 Å². The summed E-state index contributed by atoms with van der Waals surface area (Å²) >= 11 is 0. The van der Waals surface area contributed by atoms with Crippen molar-refractivity contribution in [3.63, 3.8) is 0 Å². The summed E-state index contributed by atoms with van der Waals surface area (Å²) in [6, 6.07) is 7.60. The fourth-order valence-electron chi connectivity index (χ4n) is 4.03. The predicted octanol–water partition coefficient (Wildman–Crippen LogP) is 5.39. The van der Waals surface area contributed by atoms with Crippen LogP contribution in [0.15, 0.2) is 24.3 Å². The molecule has 0 radical (unpaired) electrons. The first-order valence-corrected chi connectivity index (χ1v) is 12.3. The molecule has 1 N–H and O–H groups in total. The number of anilines is 1. The van der Waals surface area contributed by atoms with Crippen molar-refractivity contribution in [2.45, 2.75) is 71.8 Å². The van der Waals surface area contributed by atoms with Gasteiger partial charge in [0.05, 0.1) is 12.3 Å². The molecule has 1 heterocycles. The highest BCUT2D eigenvalue weighted by atomic mass is 16.6. The molecule has 1 unspecified atom stereocenters. The Bertz CT molecular complexity index is 612. The molecule has 0 aromatic heterocycles. The zero-order valence-electron chi connectivity index (χ0n) is 19.9. The lowest BCUT2D eigenvalue weighted by Gasteiger charge is -2.28. The maximum absolute atomic E-state index is 12.7. The van der Waals surface area contributed by atoms with Crippen LogP contribution in [0.2, 0.25) is 0 Å². The Morgan fingerprint density at radius 2 is 1.77 bits per heavy atom. The smallest absolute Gasteiger partial charge is 0.412 e. The highest BCUT2D eigenvalue weighted by Crippen LogP contribution is 2.24. The third-order valence-electron chi connectivity index (χ3n) is 5.92. The van der Waals surface area contributed by atoms with Crippen molar-refractivity contribution in [2.75, 3.05) is 51.2 Å². The molecule has 1 fully saturated rings. The molecule has 2 rings (SSSR count). The van der Waals surface area contributed by atoms with E-state index in [1.807, 2.05) is 24.3 Å². The number of rotatable bonds is 15. The van der Waals surface area contributed by atoms with E-state index in [1.54, 1.807) is 0 Å². The van der Waals surface area contributed by atoms with Crippen LogP contribution in [0.5, 0.6) is 5.75 Å². The second kappa shape index (κ2) is 15.1. The van der Waals surface area contributed by atoms with Crippen LogP contribution in [-0.4, -0.2) is 67.9 Å². The fourth-order valence-corrected chi connectivity index (χ4v) is 4.03. The van der Waals surface area contributed by atoms with Crippen molar-refractivity contribution >= 4 is 11.8 Å². The first kappa shape index (κ1) is 25.5. The SMILES string of the molecule is CCCCCCCOc1ccccc1NC(=O)OC(CN(CC)CC)CN1CCCC1. The second-order valence-corrected chi connectivity index (χ2v) is 8.40. The van der Waals surface area contributed by atoms with E-state index in [2.05, 4.69) is 35.9 Å². The molecule has 1 atom stereocenters. The number of unbranched alkanes of at least 4 members (excludes halogenated alkanes) is 4. The number of carbonyl (C=O) groups excluding carboxylic acids is 1. The number of nitrogens with one attached hydrogen (secondary N) is 1. The van der Waals surface area contributed by atoms with Gasteiger partial charge in [-0.05, 0) is 57.6 Å². The highest BCUT2D eigenvalue weighted by Gasteiger charge is 2.23. The largest absolute Gasteiger partial charge is 0.491 e. The summed E-state index contributed by atoms with van der Waals surface area (Å²) in [4.78, 5) is 17.4. The quantitative estimate of drug-likeness (QED) is 0.376. The number of hydrogen-bond donors (Lipinski definition) is 1. The Hall–Kier alpha value is -1.79. The molecule has 0 spiro atoms. The monoisotopic (exact) mass is 433 g/mol. The number of benzene rings is 1. The Kier molecular flexibility index (Phi) is 12.4. The van der Waals surface area contributed by atoms with E-state index in [0.29, 0.717) is 18.0 Å². The predicted molar refractivity (Wildman–Crippen MR) is 128 cm³/mol. The van der Waals surface area contributed by atoms with Crippen molar-refractivity contribution in [1.82, 2.24) is 9.80 Å². The summed E-state index contributed by atoms with van der Waals surface area (Å²) in [6.07, 6.45) is 7.87. The average Bonchev–Trinajstić information content (AvgIpc) is 3.28. The molecule has 0 saturated carbocycles. The minimum absolute atomic E-state index is 0.148. The van der Waals surface area contributed by atoms with E-state index in [4.69, 9.17) is 9.47 Å². The van der Waals surface area contributed by atoms with Crippen LogP contribution in [0, 0.1) is 0 Å². The molecule has 0 aliphatic carbocycles. The summed E-state index contributed by atoms with van der Waals surface area (Å²) in [6.45, 7) is 12.8. The van der Waals surface area contributed by atoms with Crippen LogP contribution in [0.4, 0.5) is 10.5 Å². The Morgan fingerprint density at radius 3 is 2.48 bits per heavy atom. The van der Waals surface area contributed by atoms with Gasteiger partial charge in [-0.1, -0.05) is 58.6 Å². The maximum atomic E-state index is 12.7. The summed E-state index contributed by atoms with van der Waals surface area (Å²) in [5.74, 6) is 0.703. The van der Waals surface area contributed by atoms with Gasteiger partial charge in [-0.3, -0.25) is 10.2 Å². The summed E-state index contributed by atoms with van der Waals surface area (Å²) in [7, 11) is 0. The van der Waals surface area contributed by atoms with E-state index < -0.39 is 6.09 Å². The highest BCUT2D eigenvalue weighted by molar-refractivity contribution is 5.86. The average molecular weight is 434 g/mol. The van der Waals surface area contributed by atoms with E-state index in [-0.39, 0.29) is 6.10 Å². The molecule has 1 aromatic carbocycles. The summed E-state index contributed by atoms with van der Waals surface area (Å²) in [5.41, 5.74) is 0.670. The van der Waals surface area contributed by atoms with Gasteiger partial charge < -0.3 is 14.4 Å². The number of para-hydroxylation sites is 2. The number of likely N-dealkylation sites (N-methyl/N-ethyl adjacent to an activating group) is 1. The van der Waals surface area contributed by atoms with Gasteiger partial charge >= 0.3 is 6.09 Å². The minimum Gasteiger partial charge on any atom is -0.491 e. The Morgan fingerprint density at radius 1 is 1.06 bits per heavy atom. The van der Waals surface area contributed by atoms with Gasteiger partial charge in [-0.2, -0.15) is 0 Å². The van der Waals surface area contributed by atoms with E-state index in [0.717, 1.165) is 45.7 Å². The lowest BCUT2D eigenvalue weighted by molar-refractivity contribution is 0.0604. The molecular weight excluding hydrogens is 390 g/mol. The van der Waals surface area contributed by atoms with Gasteiger partial charge in [0.25, 0.3) is 0 Å². The summed E-state index contributed by atoms with van der Waals surface area (Å²) in [5, 5.41) is 2.91. The van der Waals surface area contributed by atoms with Crippen LogP contribution in [0.1, 0.15) is 65.7 Å².